The van der Waals surface area contributed by atoms with Gasteiger partial charge in [0.15, 0.2) is 12.4 Å². The Balaban J connectivity index is 2.90. The Bertz CT molecular complexity index is 433. The molecule has 7 heteroatoms. The van der Waals surface area contributed by atoms with Crippen molar-refractivity contribution in [2.75, 3.05) is 13.7 Å². The van der Waals surface area contributed by atoms with Crippen molar-refractivity contribution >= 4 is 11.6 Å². The zero-order chi connectivity index (χ0) is 12.8. The zero-order valence-electron chi connectivity index (χ0n) is 9.17. The lowest BCUT2D eigenvalue weighted by atomic mass is 10.2. The summed E-state index contributed by atoms with van der Waals surface area (Å²) in [4.78, 5) is 21.1. The molecule has 1 amide bonds. The van der Waals surface area contributed by atoms with E-state index in [9.17, 15) is 14.9 Å². The lowest BCUT2D eigenvalue weighted by molar-refractivity contribution is -0.385. The molecule has 0 spiro atoms. The summed E-state index contributed by atoms with van der Waals surface area (Å²) in [6, 6.07) is 4.05. The van der Waals surface area contributed by atoms with Crippen LogP contribution in [-0.2, 0) is 11.4 Å². The number of aliphatic hydroxyl groups is 1. The number of hydrogen-bond acceptors (Lipinski definition) is 5. The van der Waals surface area contributed by atoms with E-state index in [0.29, 0.717) is 5.56 Å². The number of carbonyl (C=O) groups is 1. The molecule has 0 aromatic heterocycles. The van der Waals surface area contributed by atoms with Crippen LogP contribution in [0.4, 0.5) is 5.69 Å². The quantitative estimate of drug-likeness (QED) is 0.566. The molecule has 1 rings (SSSR count). The number of amides is 1. The standard InChI is InChI=1S/C10H12N2O5/c1-11-10(14)6-17-9-3-2-7(5-13)4-8(9)12(15)16/h2-4,13H,5-6H2,1H3,(H,11,14). The van der Waals surface area contributed by atoms with E-state index in [-0.39, 0.29) is 30.6 Å². The minimum absolute atomic E-state index is 0.00389. The summed E-state index contributed by atoms with van der Waals surface area (Å²) >= 11 is 0. The molecular weight excluding hydrogens is 228 g/mol. The van der Waals surface area contributed by atoms with E-state index in [0.717, 1.165) is 0 Å². The van der Waals surface area contributed by atoms with Crippen molar-refractivity contribution in [3.63, 3.8) is 0 Å². The molecule has 0 saturated carbocycles. The lowest BCUT2D eigenvalue weighted by Gasteiger charge is -2.06. The van der Waals surface area contributed by atoms with Gasteiger partial charge in [-0.15, -0.1) is 0 Å². The van der Waals surface area contributed by atoms with Crippen molar-refractivity contribution in [3.05, 3.63) is 33.9 Å². The lowest BCUT2D eigenvalue weighted by Crippen LogP contribution is -2.25. The number of nitrogens with zero attached hydrogens (tertiary/aromatic N) is 1. The number of rotatable bonds is 5. The van der Waals surface area contributed by atoms with E-state index in [2.05, 4.69) is 5.32 Å². The molecule has 1 aromatic rings. The molecule has 0 unspecified atom stereocenters. The summed E-state index contributed by atoms with van der Waals surface area (Å²) in [6.45, 7) is -0.591. The predicted octanol–water partition coefficient (Wildman–Crippen LogP) is 0.212. The topological polar surface area (TPSA) is 102 Å². The Morgan fingerprint density at radius 1 is 1.59 bits per heavy atom. The smallest absolute Gasteiger partial charge is 0.311 e. The number of carbonyl (C=O) groups excluding carboxylic acids is 1. The number of aliphatic hydroxyl groups excluding tert-OH is 1. The highest BCUT2D eigenvalue weighted by Gasteiger charge is 2.16. The van der Waals surface area contributed by atoms with Crippen LogP contribution in [0.5, 0.6) is 5.75 Å². The SMILES string of the molecule is CNC(=O)COc1ccc(CO)cc1[N+](=O)[O-]. The largest absolute Gasteiger partial charge is 0.477 e. The summed E-state index contributed by atoms with van der Waals surface area (Å²) in [7, 11) is 1.44. The van der Waals surface area contributed by atoms with Crippen molar-refractivity contribution < 1.29 is 19.6 Å². The van der Waals surface area contributed by atoms with Crippen molar-refractivity contribution in [2.45, 2.75) is 6.61 Å². The van der Waals surface area contributed by atoms with E-state index in [1.54, 1.807) is 0 Å². The van der Waals surface area contributed by atoms with Crippen molar-refractivity contribution in [3.8, 4) is 5.75 Å². The predicted molar refractivity (Wildman–Crippen MR) is 58.6 cm³/mol. The number of ether oxygens (including phenoxy) is 1. The summed E-state index contributed by atoms with van der Waals surface area (Å²) in [5.41, 5.74) is 0.129. The van der Waals surface area contributed by atoms with Crippen LogP contribution >= 0.6 is 0 Å². The molecule has 0 atom stereocenters. The van der Waals surface area contributed by atoms with Gasteiger partial charge >= 0.3 is 5.69 Å². The Kier molecular flexibility index (Phi) is 4.41. The molecular formula is C10H12N2O5. The average molecular weight is 240 g/mol. The Hall–Kier alpha value is -2.15. The number of hydrogen-bond donors (Lipinski definition) is 2. The van der Waals surface area contributed by atoms with Crippen LogP contribution in [0.1, 0.15) is 5.56 Å². The first-order valence-corrected chi connectivity index (χ1v) is 4.80. The second-order valence-corrected chi connectivity index (χ2v) is 3.18. The highest BCUT2D eigenvalue weighted by atomic mass is 16.6. The molecule has 2 N–H and O–H groups in total. The third kappa shape index (κ3) is 3.42. The highest BCUT2D eigenvalue weighted by Crippen LogP contribution is 2.27. The first-order valence-electron chi connectivity index (χ1n) is 4.80. The third-order valence-corrected chi connectivity index (χ3v) is 2.04. The molecule has 0 fully saturated rings. The molecule has 0 aliphatic rings. The molecule has 92 valence electrons. The van der Waals surface area contributed by atoms with Gasteiger partial charge in [-0.25, -0.2) is 0 Å². The first kappa shape index (κ1) is 12.9. The van der Waals surface area contributed by atoms with E-state index in [4.69, 9.17) is 9.84 Å². The van der Waals surface area contributed by atoms with Crippen LogP contribution in [0, 0.1) is 10.1 Å². The fraction of sp³-hybridized carbons (Fsp3) is 0.300. The van der Waals surface area contributed by atoms with E-state index >= 15 is 0 Å². The molecule has 0 heterocycles. The van der Waals surface area contributed by atoms with Crippen molar-refractivity contribution in [1.82, 2.24) is 5.32 Å². The fourth-order valence-corrected chi connectivity index (χ4v) is 1.14. The molecule has 0 saturated heterocycles. The van der Waals surface area contributed by atoms with Gasteiger partial charge in [-0.1, -0.05) is 6.07 Å². The van der Waals surface area contributed by atoms with Crippen LogP contribution in [0.2, 0.25) is 0 Å². The number of likely N-dealkylation sites (N-methyl/N-ethyl adjacent to an activating group) is 1. The van der Waals surface area contributed by atoms with Gasteiger partial charge in [0, 0.05) is 13.1 Å². The van der Waals surface area contributed by atoms with Crippen LogP contribution < -0.4 is 10.1 Å². The molecule has 7 nitrogen and oxygen atoms in total. The second kappa shape index (κ2) is 5.80. The summed E-state index contributed by atoms with van der Waals surface area (Å²) in [5.74, 6) is -0.388. The van der Waals surface area contributed by atoms with Crippen LogP contribution in [0.25, 0.3) is 0 Å². The van der Waals surface area contributed by atoms with Crippen LogP contribution in [-0.4, -0.2) is 29.6 Å². The first-order chi connectivity index (χ1) is 8.08. The van der Waals surface area contributed by atoms with Crippen LogP contribution in [0.15, 0.2) is 18.2 Å². The average Bonchev–Trinajstić information content (AvgIpc) is 2.35. The van der Waals surface area contributed by atoms with E-state index < -0.39 is 4.92 Å². The van der Waals surface area contributed by atoms with Gasteiger partial charge < -0.3 is 15.2 Å². The molecule has 0 aliphatic carbocycles. The molecule has 0 aliphatic heterocycles. The highest BCUT2D eigenvalue weighted by molar-refractivity contribution is 5.77. The van der Waals surface area contributed by atoms with Crippen LogP contribution in [0.3, 0.4) is 0 Å². The maximum atomic E-state index is 10.9. The number of nitro groups is 1. The normalized spacial score (nSPS) is 9.76. The van der Waals surface area contributed by atoms with Gasteiger partial charge in [0.1, 0.15) is 0 Å². The Labute approximate surface area is 97.2 Å². The summed E-state index contributed by atoms with van der Waals surface area (Å²) in [6.07, 6.45) is 0. The summed E-state index contributed by atoms with van der Waals surface area (Å²) < 4.78 is 5.02. The van der Waals surface area contributed by atoms with Gasteiger partial charge in [0.05, 0.1) is 11.5 Å². The van der Waals surface area contributed by atoms with Gasteiger partial charge in [-0.2, -0.15) is 0 Å². The number of nitrogens with one attached hydrogen (secondary N) is 1. The zero-order valence-corrected chi connectivity index (χ0v) is 9.17. The van der Waals surface area contributed by atoms with E-state index in [1.165, 1.54) is 25.2 Å². The fourth-order valence-electron chi connectivity index (χ4n) is 1.14. The maximum absolute atomic E-state index is 10.9. The monoisotopic (exact) mass is 240 g/mol. The van der Waals surface area contributed by atoms with Crippen molar-refractivity contribution in [1.29, 1.82) is 0 Å². The van der Waals surface area contributed by atoms with Crippen molar-refractivity contribution in [2.24, 2.45) is 0 Å². The Morgan fingerprint density at radius 3 is 2.82 bits per heavy atom. The van der Waals surface area contributed by atoms with Gasteiger partial charge in [-0.3, -0.25) is 14.9 Å². The molecule has 0 bridgehead atoms. The molecule has 17 heavy (non-hydrogen) atoms. The second-order valence-electron chi connectivity index (χ2n) is 3.18. The minimum atomic E-state index is -0.627. The molecule has 1 aromatic carbocycles. The Morgan fingerprint density at radius 2 is 2.29 bits per heavy atom. The van der Waals surface area contributed by atoms with Gasteiger partial charge in [0.2, 0.25) is 0 Å². The molecule has 0 radical (unpaired) electrons. The van der Waals surface area contributed by atoms with E-state index in [1.807, 2.05) is 0 Å². The van der Waals surface area contributed by atoms with Gasteiger partial charge in [-0.05, 0) is 11.6 Å². The third-order valence-electron chi connectivity index (χ3n) is 2.04. The minimum Gasteiger partial charge on any atom is -0.477 e. The maximum Gasteiger partial charge on any atom is 0.311 e. The van der Waals surface area contributed by atoms with Gasteiger partial charge in [0.25, 0.3) is 5.91 Å². The number of benzene rings is 1. The summed E-state index contributed by atoms with van der Waals surface area (Å²) in [5, 5.41) is 21.9. The number of nitro benzene ring substituents is 1.